The highest BCUT2D eigenvalue weighted by molar-refractivity contribution is 4.87. The number of nitrogens with zero attached hydrogens (tertiary/aromatic N) is 3. The third-order valence-corrected chi connectivity index (χ3v) is 2.83. The molecule has 0 radical (unpaired) electrons. The van der Waals surface area contributed by atoms with Crippen LogP contribution in [0.15, 0.2) is 4.52 Å². The predicted octanol–water partition coefficient (Wildman–Crippen LogP) is 0.0522. The predicted molar refractivity (Wildman–Crippen MR) is 62.6 cm³/mol. The fourth-order valence-corrected chi connectivity index (χ4v) is 1.97. The molecule has 1 saturated heterocycles. The molecule has 0 saturated carbocycles. The second kappa shape index (κ2) is 6.09. The van der Waals surface area contributed by atoms with Crippen molar-refractivity contribution in [1.82, 2.24) is 20.4 Å². The van der Waals surface area contributed by atoms with Gasteiger partial charge in [-0.25, -0.2) is 0 Å². The van der Waals surface area contributed by atoms with Crippen molar-refractivity contribution in [2.45, 2.75) is 26.0 Å². The molecule has 0 aliphatic carbocycles. The number of hydrogen-bond donors (Lipinski definition) is 1. The van der Waals surface area contributed by atoms with Crippen molar-refractivity contribution in [3.05, 3.63) is 11.7 Å². The molecule has 2 heterocycles. The van der Waals surface area contributed by atoms with E-state index in [4.69, 9.17) is 9.26 Å². The van der Waals surface area contributed by atoms with Crippen LogP contribution in [-0.4, -0.2) is 54.4 Å². The average Bonchev–Trinajstić information content (AvgIpc) is 2.78. The van der Waals surface area contributed by atoms with E-state index in [1.807, 2.05) is 14.0 Å². The zero-order valence-electron chi connectivity index (χ0n) is 10.5. The Labute approximate surface area is 101 Å². The summed E-state index contributed by atoms with van der Waals surface area (Å²) in [7, 11) is 1.94. The van der Waals surface area contributed by atoms with E-state index in [1.54, 1.807) is 0 Å². The quantitative estimate of drug-likeness (QED) is 0.785. The van der Waals surface area contributed by atoms with Crippen LogP contribution in [0.5, 0.6) is 0 Å². The Morgan fingerprint density at radius 2 is 2.41 bits per heavy atom. The molecule has 0 spiro atoms. The Balaban J connectivity index is 1.85. The van der Waals surface area contributed by atoms with E-state index >= 15 is 0 Å². The lowest BCUT2D eigenvalue weighted by atomic mass is 10.2. The number of rotatable bonds is 5. The van der Waals surface area contributed by atoms with Crippen LogP contribution in [0.3, 0.4) is 0 Å². The van der Waals surface area contributed by atoms with Gasteiger partial charge >= 0.3 is 0 Å². The van der Waals surface area contributed by atoms with Crippen LogP contribution >= 0.6 is 0 Å². The highest BCUT2D eigenvalue weighted by atomic mass is 16.5. The summed E-state index contributed by atoms with van der Waals surface area (Å²) >= 11 is 0. The lowest BCUT2D eigenvalue weighted by molar-refractivity contribution is -0.0300. The largest absolute Gasteiger partial charge is 0.374 e. The number of aryl methyl sites for hydroxylation is 1. The molecule has 96 valence electrons. The monoisotopic (exact) mass is 240 g/mol. The molecule has 1 aliphatic rings. The van der Waals surface area contributed by atoms with Crippen LogP contribution in [0, 0.1) is 0 Å². The van der Waals surface area contributed by atoms with E-state index in [9.17, 15) is 0 Å². The Bertz CT molecular complexity index is 340. The maximum absolute atomic E-state index is 5.64. The second-order valence-electron chi connectivity index (χ2n) is 4.24. The van der Waals surface area contributed by atoms with Crippen molar-refractivity contribution in [1.29, 1.82) is 0 Å². The lowest BCUT2D eigenvalue weighted by Crippen LogP contribution is -2.45. The van der Waals surface area contributed by atoms with Gasteiger partial charge in [-0.3, -0.25) is 4.90 Å². The number of nitrogens with one attached hydrogen (secondary N) is 1. The first-order chi connectivity index (χ1) is 8.31. The summed E-state index contributed by atoms with van der Waals surface area (Å²) < 4.78 is 10.7. The van der Waals surface area contributed by atoms with Gasteiger partial charge in [-0.1, -0.05) is 12.1 Å². The van der Waals surface area contributed by atoms with Crippen molar-refractivity contribution in [2.24, 2.45) is 0 Å². The molecular formula is C11H20N4O2. The van der Waals surface area contributed by atoms with Crippen molar-refractivity contribution >= 4 is 0 Å². The molecule has 1 unspecified atom stereocenters. The third-order valence-electron chi connectivity index (χ3n) is 2.83. The van der Waals surface area contributed by atoms with E-state index in [-0.39, 0.29) is 6.10 Å². The van der Waals surface area contributed by atoms with Crippen molar-refractivity contribution in [2.75, 3.05) is 33.3 Å². The molecule has 17 heavy (non-hydrogen) atoms. The van der Waals surface area contributed by atoms with E-state index in [2.05, 4.69) is 20.4 Å². The summed E-state index contributed by atoms with van der Waals surface area (Å²) in [5.41, 5.74) is 0. The fraction of sp³-hybridized carbons (Fsp3) is 0.818. The Morgan fingerprint density at radius 3 is 3.12 bits per heavy atom. The highest BCUT2D eigenvalue weighted by Gasteiger charge is 2.21. The molecule has 1 aliphatic heterocycles. The van der Waals surface area contributed by atoms with Gasteiger partial charge in [-0.2, -0.15) is 4.98 Å². The van der Waals surface area contributed by atoms with Gasteiger partial charge in [0.05, 0.1) is 19.3 Å². The van der Waals surface area contributed by atoms with Gasteiger partial charge in [0.15, 0.2) is 5.82 Å². The minimum absolute atomic E-state index is 0.256. The van der Waals surface area contributed by atoms with E-state index in [1.165, 1.54) is 0 Å². The molecule has 6 nitrogen and oxygen atoms in total. The summed E-state index contributed by atoms with van der Waals surface area (Å²) in [4.78, 5) is 6.62. The number of hydrogen-bond acceptors (Lipinski definition) is 6. The van der Waals surface area contributed by atoms with E-state index < -0.39 is 0 Å². The maximum atomic E-state index is 5.64. The minimum atomic E-state index is 0.256. The normalized spacial score (nSPS) is 21.9. The molecule has 1 aromatic rings. The van der Waals surface area contributed by atoms with Crippen LogP contribution in [-0.2, 0) is 17.7 Å². The molecule has 0 aromatic carbocycles. The molecule has 1 aromatic heterocycles. The Hall–Kier alpha value is -0.980. The number of ether oxygens (including phenoxy) is 1. The topological polar surface area (TPSA) is 63.4 Å². The van der Waals surface area contributed by atoms with Crippen LogP contribution < -0.4 is 5.32 Å². The molecule has 2 rings (SSSR count). The molecule has 1 N–H and O–H groups in total. The SMILES string of the molecule is CCc1nc(CN2CCOC(CNC)C2)no1. The Morgan fingerprint density at radius 1 is 1.53 bits per heavy atom. The smallest absolute Gasteiger partial charge is 0.226 e. The zero-order chi connectivity index (χ0) is 12.1. The van der Waals surface area contributed by atoms with E-state index in [0.717, 1.165) is 45.0 Å². The first-order valence-electron chi connectivity index (χ1n) is 6.11. The van der Waals surface area contributed by atoms with Crippen molar-refractivity contribution in [3.63, 3.8) is 0 Å². The Kier molecular flexibility index (Phi) is 4.47. The van der Waals surface area contributed by atoms with Crippen LogP contribution in [0.25, 0.3) is 0 Å². The highest BCUT2D eigenvalue weighted by Crippen LogP contribution is 2.08. The molecule has 6 heteroatoms. The summed E-state index contributed by atoms with van der Waals surface area (Å²) in [6, 6.07) is 0. The summed E-state index contributed by atoms with van der Waals surface area (Å²) in [6.07, 6.45) is 1.05. The van der Waals surface area contributed by atoms with Gasteiger partial charge in [0.25, 0.3) is 0 Å². The van der Waals surface area contributed by atoms with Crippen molar-refractivity contribution < 1.29 is 9.26 Å². The van der Waals surface area contributed by atoms with Gasteiger partial charge in [0.2, 0.25) is 5.89 Å². The molecule has 1 fully saturated rings. The van der Waals surface area contributed by atoms with Gasteiger partial charge in [-0.05, 0) is 7.05 Å². The van der Waals surface area contributed by atoms with Crippen LogP contribution in [0.4, 0.5) is 0 Å². The zero-order valence-corrected chi connectivity index (χ0v) is 10.5. The molecular weight excluding hydrogens is 220 g/mol. The minimum Gasteiger partial charge on any atom is -0.374 e. The van der Waals surface area contributed by atoms with Gasteiger partial charge < -0.3 is 14.6 Å². The molecule has 0 amide bonds. The van der Waals surface area contributed by atoms with Gasteiger partial charge in [0.1, 0.15) is 0 Å². The summed E-state index contributed by atoms with van der Waals surface area (Å²) in [5, 5.41) is 7.10. The van der Waals surface area contributed by atoms with Gasteiger partial charge in [-0.15, -0.1) is 0 Å². The first-order valence-corrected chi connectivity index (χ1v) is 6.11. The third kappa shape index (κ3) is 3.49. The number of morpholine rings is 1. The average molecular weight is 240 g/mol. The standard InChI is InChI=1S/C11H20N4O2/c1-3-11-13-10(14-17-11)8-15-4-5-16-9(7-15)6-12-2/h9,12H,3-8H2,1-2H3. The number of aromatic nitrogens is 2. The molecule has 0 bridgehead atoms. The van der Waals surface area contributed by atoms with Crippen LogP contribution in [0.2, 0.25) is 0 Å². The summed E-state index contributed by atoms with van der Waals surface area (Å²) in [5.74, 6) is 1.48. The lowest BCUT2D eigenvalue weighted by Gasteiger charge is -2.31. The van der Waals surface area contributed by atoms with Crippen molar-refractivity contribution in [3.8, 4) is 0 Å². The molecule has 1 atom stereocenters. The second-order valence-corrected chi connectivity index (χ2v) is 4.24. The maximum Gasteiger partial charge on any atom is 0.226 e. The fourth-order valence-electron chi connectivity index (χ4n) is 1.97. The number of likely N-dealkylation sites (N-methyl/N-ethyl adjacent to an activating group) is 1. The van der Waals surface area contributed by atoms with Gasteiger partial charge in [0, 0.05) is 26.1 Å². The van der Waals surface area contributed by atoms with E-state index in [0.29, 0.717) is 5.89 Å². The first kappa shape index (κ1) is 12.5. The summed E-state index contributed by atoms with van der Waals surface area (Å²) in [6.45, 7) is 6.24. The van der Waals surface area contributed by atoms with Crippen LogP contribution in [0.1, 0.15) is 18.6 Å².